The minimum absolute atomic E-state index is 0.238. The molecule has 0 spiro atoms. The zero-order valence-corrected chi connectivity index (χ0v) is 8.39. The van der Waals surface area contributed by atoms with Crippen LogP contribution in [0.1, 0.15) is 13.3 Å². The second-order valence-corrected chi connectivity index (χ2v) is 3.81. The molecule has 0 heterocycles. The number of hydrogen-bond acceptors (Lipinski definition) is 3. The third-order valence-electron chi connectivity index (χ3n) is 1.43. The van der Waals surface area contributed by atoms with Crippen LogP contribution in [0.3, 0.4) is 0 Å². The summed E-state index contributed by atoms with van der Waals surface area (Å²) in [6, 6.07) is 0. The number of thioether (sulfide) groups is 1. The van der Waals surface area contributed by atoms with Crippen LogP contribution in [-0.2, 0) is 9.53 Å². The molecule has 0 amide bonds. The Morgan fingerprint density at radius 1 is 1.67 bits per heavy atom. The van der Waals surface area contributed by atoms with Crippen molar-refractivity contribution >= 4 is 17.7 Å². The maximum absolute atomic E-state index is 10.4. The number of ether oxygens (including phenoxy) is 1. The van der Waals surface area contributed by atoms with Crippen LogP contribution in [0.2, 0.25) is 0 Å². The first-order chi connectivity index (χ1) is 5.68. The molecule has 1 atom stereocenters. The molecule has 1 unspecified atom stereocenters. The zero-order chi connectivity index (χ0) is 9.40. The number of carboxylic acids is 1. The molecule has 0 aliphatic heterocycles. The lowest BCUT2D eigenvalue weighted by Gasteiger charge is -2.04. The summed E-state index contributed by atoms with van der Waals surface area (Å²) in [6.45, 7) is 2.49. The van der Waals surface area contributed by atoms with Gasteiger partial charge in [0.25, 0.3) is 0 Å². The molecule has 0 aromatic carbocycles. The Hall–Kier alpha value is -0.220. The van der Waals surface area contributed by atoms with Crippen LogP contribution in [0, 0.1) is 5.92 Å². The summed E-state index contributed by atoms with van der Waals surface area (Å²) in [7, 11) is 1.67. The summed E-state index contributed by atoms with van der Waals surface area (Å²) < 4.78 is 4.87. The van der Waals surface area contributed by atoms with E-state index in [1.165, 1.54) is 0 Å². The first-order valence-corrected chi connectivity index (χ1v) is 5.13. The molecule has 0 aromatic rings. The molecule has 1 N–H and O–H groups in total. The van der Waals surface area contributed by atoms with Gasteiger partial charge in [-0.3, -0.25) is 4.79 Å². The van der Waals surface area contributed by atoms with E-state index in [4.69, 9.17) is 9.84 Å². The molecule has 0 aromatic heterocycles. The summed E-state index contributed by atoms with van der Waals surface area (Å²) in [4.78, 5) is 10.4. The fraction of sp³-hybridized carbons (Fsp3) is 0.875. The maximum Gasteiger partial charge on any atom is 0.307 e. The van der Waals surface area contributed by atoms with Gasteiger partial charge in [0, 0.05) is 19.5 Å². The zero-order valence-electron chi connectivity index (χ0n) is 7.58. The molecule has 4 heteroatoms. The van der Waals surface area contributed by atoms with Crippen molar-refractivity contribution in [3.8, 4) is 0 Å². The first-order valence-electron chi connectivity index (χ1n) is 3.98. The van der Waals surface area contributed by atoms with E-state index in [1.807, 2.05) is 0 Å². The van der Waals surface area contributed by atoms with Gasteiger partial charge in [0.2, 0.25) is 0 Å². The van der Waals surface area contributed by atoms with Gasteiger partial charge in [0.15, 0.2) is 0 Å². The molecule has 0 aliphatic carbocycles. The predicted octanol–water partition coefficient (Wildman–Crippen LogP) is 1.48. The quantitative estimate of drug-likeness (QED) is 0.621. The highest BCUT2D eigenvalue weighted by Gasteiger charge is 2.09. The van der Waals surface area contributed by atoms with Crippen molar-refractivity contribution in [1.82, 2.24) is 0 Å². The Labute approximate surface area is 77.5 Å². The Morgan fingerprint density at radius 2 is 2.33 bits per heavy atom. The SMILES string of the molecule is COCCCSCC(C)C(=O)O. The fourth-order valence-corrected chi connectivity index (χ4v) is 1.62. The first kappa shape index (κ1) is 11.8. The normalized spacial score (nSPS) is 12.8. The van der Waals surface area contributed by atoms with Gasteiger partial charge in [-0.05, 0) is 12.2 Å². The van der Waals surface area contributed by atoms with Crippen molar-refractivity contribution < 1.29 is 14.6 Å². The topological polar surface area (TPSA) is 46.5 Å². The van der Waals surface area contributed by atoms with Crippen molar-refractivity contribution in [2.75, 3.05) is 25.2 Å². The van der Waals surface area contributed by atoms with E-state index in [-0.39, 0.29) is 5.92 Å². The molecule has 0 aliphatic rings. The minimum atomic E-state index is -0.714. The molecule has 3 nitrogen and oxygen atoms in total. The molecule has 0 rings (SSSR count). The second kappa shape index (κ2) is 7.43. The summed E-state index contributed by atoms with van der Waals surface area (Å²) in [5, 5.41) is 8.55. The highest BCUT2D eigenvalue weighted by molar-refractivity contribution is 7.99. The molecule has 12 heavy (non-hydrogen) atoms. The van der Waals surface area contributed by atoms with Gasteiger partial charge < -0.3 is 9.84 Å². The number of aliphatic carboxylic acids is 1. The van der Waals surface area contributed by atoms with Crippen LogP contribution in [0.4, 0.5) is 0 Å². The highest BCUT2D eigenvalue weighted by Crippen LogP contribution is 2.09. The van der Waals surface area contributed by atoms with Gasteiger partial charge in [-0.2, -0.15) is 11.8 Å². The number of hydrogen-bond donors (Lipinski definition) is 1. The van der Waals surface area contributed by atoms with E-state index in [1.54, 1.807) is 25.8 Å². The molecule has 0 fully saturated rings. The van der Waals surface area contributed by atoms with Crippen LogP contribution in [0.15, 0.2) is 0 Å². The summed E-state index contributed by atoms with van der Waals surface area (Å²) in [5.41, 5.74) is 0. The predicted molar refractivity (Wildman–Crippen MR) is 50.6 cm³/mol. The van der Waals surface area contributed by atoms with E-state index >= 15 is 0 Å². The average Bonchev–Trinajstić information content (AvgIpc) is 2.03. The van der Waals surface area contributed by atoms with Gasteiger partial charge in [-0.1, -0.05) is 6.92 Å². The lowest BCUT2D eigenvalue weighted by Crippen LogP contribution is -2.12. The van der Waals surface area contributed by atoms with Gasteiger partial charge in [-0.15, -0.1) is 0 Å². The van der Waals surface area contributed by atoms with Gasteiger partial charge in [0.1, 0.15) is 0 Å². The van der Waals surface area contributed by atoms with Crippen molar-refractivity contribution in [2.45, 2.75) is 13.3 Å². The number of carbonyl (C=O) groups is 1. The van der Waals surface area contributed by atoms with Crippen LogP contribution < -0.4 is 0 Å². The minimum Gasteiger partial charge on any atom is -0.481 e. The van der Waals surface area contributed by atoms with Crippen molar-refractivity contribution in [2.24, 2.45) is 5.92 Å². The van der Waals surface area contributed by atoms with E-state index in [9.17, 15) is 4.79 Å². The lowest BCUT2D eigenvalue weighted by atomic mass is 10.2. The smallest absolute Gasteiger partial charge is 0.307 e. The number of carboxylic acid groups (broad SMARTS) is 1. The monoisotopic (exact) mass is 192 g/mol. The third kappa shape index (κ3) is 6.49. The summed E-state index contributed by atoms with van der Waals surface area (Å²) >= 11 is 1.67. The van der Waals surface area contributed by atoms with Crippen molar-refractivity contribution in [3.05, 3.63) is 0 Å². The van der Waals surface area contributed by atoms with Crippen molar-refractivity contribution in [3.63, 3.8) is 0 Å². The lowest BCUT2D eigenvalue weighted by molar-refractivity contribution is -0.140. The van der Waals surface area contributed by atoms with E-state index in [0.29, 0.717) is 5.75 Å². The number of rotatable bonds is 7. The van der Waals surface area contributed by atoms with Crippen LogP contribution in [0.25, 0.3) is 0 Å². The maximum atomic E-state index is 10.4. The van der Waals surface area contributed by atoms with Gasteiger partial charge in [-0.25, -0.2) is 0 Å². The molecule has 72 valence electrons. The average molecular weight is 192 g/mol. The summed E-state index contributed by atoms with van der Waals surface area (Å²) in [5.74, 6) is 0.719. The second-order valence-electron chi connectivity index (χ2n) is 2.66. The van der Waals surface area contributed by atoms with Crippen LogP contribution in [0.5, 0.6) is 0 Å². The Bertz CT molecular complexity index is 127. The largest absolute Gasteiger partial charge is 0.481 e. The molecular formula is C8H16O3S. The molecule has 0 bridgehead atoms. The van der Waals surface area contributed by atoms with E-state index in [2.05, 4.69) is 0 Å². The Morgan fingerprint density at radius 3 is 2.83 bits per heavy atom. The van der Waals surface area contributed by atoms with Crippen LogP contribution >= 0.6 is 11.8 Å². The standard InChI is InChI=1S/C8H16O3S/c1-7(8(9)10)6-12-5-3-4-11-2/h7H,3-6H2,1-2H3,(H,9,10). The molecule has 0 radical (unpaired) electrons. The highest BCUT2D eigenvalue weighted by atomic mass is 32.2. The third-order valence-corrected chi connectivity index (χ3v) is 2.74. The van der Waals surface area contributed by atoms with E-state index < -0.39 is 5.97 Å². The molecule has 0 saturated carbocycles. The summed E-state index contributed by atoms with van der Waals surface area (Å²) in [6.07, 6.45) is 0.994. The fourth-order valence-electron chi connectivity index (χ4n) is 0.637. The van der Waals surface area contributed by atoms with Gasteiger partial charge in [0.05, 0.1) is 5.92 Å². The Kier molecular flexibility index (Phi) is 7.29. The number of methoxy groups -OCH3 is 1. The molecule has 0 saturated heterocycles. The van der Waals surface area contributed by atoms with E-state index in [0.717, 1.165) is 18.8 Å². The van der Waals surface area contributed by atoms with Crippen molar-refractivity contribution in [1.29, 1.82) is 0 Å². The Balaban J connectivity index is 3.14. The van der Waals surface area contributed by atoms with Crippen LogP contribution in [-0.4, -0.2) is 36.3 Å². The van der Waals surface area contributed by atoms with Gasteiger partial charge >= 0.3 is 5.97 Å². The molecular weight excluding hydrogens is 176 g/mol.